The smallest absolute Gasteiger partial charge is 0.215 e. The maximum absolute atomic E-state index is 12.2. The highest BCUT2D eigenvalue weighted by molar-refractivity contribution is 7.88. The molecule has 25 heavy (non-hydrogen) atoms. The van der Waals surface area contributed by atoms with Crippen LogP contribution in [0.15, 0.2) is 55.1 Å². The minimum absolute atomic E-state index is 0.0345. The van der Waals surface area contributed by atoms with E-state index in [1.165, 1.54) is 0 Å². The van der Waals surface area contributed by atoms with Crippen molar-refractivity contribution in [1.29, 1.82) is 0 Å². The molecule has 2 heterocycles. The first-order valence-corrected chi connectivity index (χ1v) is 9.50. The van der Waals surface area contributed by atoms with Crippen LogP contribution in [0.5, 0.6) is 0 Å². The first kappa shape index (κ1) is 17.2. The summed E-state index contributed by atoms with van der Waals surface area (Å²) in [6.45, 7) is 2.65. The second kappa shape index (κ2) is 7.54. The van der Waals surface area contributed by atoms with Crippen molar-refractivity contribution >= 4 is 10.0 Å². The zero-order valence-corrected chi connectivity index (χ0v) is 14.6. The highest BCUT2D eigenvalue weighted by Gasteiger charge is 2.12. The van der Waals surface area contributed by atoms with Gasteiger partial charge < -0.3 is 4.57 Å². The number of hydrogen-bond acceptors (Lipinski definition) is 5. The monoisotopic (exact) mass is 357 g/mol. The van der Waals surface area contributed by atoms with Gasteiger partial charge in [0.1, 0.15) is 0 Å². The zero-order valence-electron chi connectivity index (χ0n) is 13.8. The fourth-order valence-corrected chi connectivity index (χ4v) is 3.63. The van der Waals surface area contributed by atoms with Crippen LogP contribution < -0.4 is 4.72 Å². The van der Waals surface area contributed by atoms with E-state index in [1.807, 2.05) is 35.8 Å². The minimum atomic E-state index is -3.40. The normalized spacial score (nSPS) is 11.6. The van der Waals surface area contributed by atoms with Gasteiger partial charge in [-0.25, -0.2) is 28.1 Å². The van der Waals surface area contributed by atoms with Crippen LogP contribution in [0.3, 0.4) is 0 Å². The molecule has 3 aromatic rings. The number of rotatable bonds is 7. The Bertz CT molecular complexity index is 938. The number of aryl methyl sites for hydroxylation is 1. The molecule has 0 aliphatic rings. The Balaban J connectivity index is 1.61. The molecule has 0 fully saturated rings. The summed E-state index contributed by atoms with van der Waals surface area (Å²) in [6, 6.07) is 9.22. The largest absolute Gasteiger partial charge is 0.327 e. The Morgan fingerprint density at radius 1 is 1.08 bits per heavy atom. The van der Waals surface area contributed by atoms with Gasteiger partial charge in [0.05, 0.1) is 5.75 Å². The lowest BCUT2D eigenvalue weighted by Gasteiger charge is -2.09. The lowest BCUT2D eigenvalue weighted by molar-refractivity contribution is 0.572. The molecule has 0 amide bonds. The van der Waals surface area contributed by atoms with E-state index in [0.29, 0.717) is 18.2 Å². The molecule has 0 saturated carbocycles. The van der Waals surface area contributed by atoms with Gasteiger partial charge in [0.25, 0.3) is 0 Å². The van der Waals surface area contributed by atoms with Crippen LogP contribution in [0, 0.1) is 6.92 Å². The van der Waals surface area contributed by atoms with E-state index in [9.17, 15) is 8.42 Å². The van der Waals surface area contributed by atoms with Gasteiger partial charge in [-0.3, -0.25) is 0 Å². The van der Waals surface area contributed by atoms with Crippen molar-refractivity contribution in [3.05, 3.63) is 66.2 Å². The van der Waals surface area contributed by atoms with Crippen molar-refractivity contribution in [3.63, 3.8) is 0 Å². The molecule has 0 atom stereocenters. The van der Waals surface area contributed by atoms with E-state index >= 15 is 0 Å². The number of nitrogens with zero attached hydrogens (tertiary/aromatic N) is 4. The zero-order chi connectivity index (χ0) is 17.7. The second-order valence-electron chi connectivity index (χ2n) is 5.66. The van der Waals surface area contributed by atoms with E-state index in [1.54, 1.807) is 30.9 Å². The SMILES string of the molecule is Cc1cccc(CS(=O)(=O)NCCn2ccnc2-c2ncccn2)c1. The van der Waals surface area contributed by atoms with Crippen molar-refractivity contribution in [2.45, 2.75) is 19.2 Å². The minimum Gasteiger partial charge on any atom is -0.327 e. The van der Waals surface area contributed by atoms with E-state index < -0.39 is 10.0 Å². The van der Waals surface area contributed by atoms with Gasteiger partial charge in [0, 0.05) is 37.9 Å². The summed E-state index contributed by atoms with van der Waals surface area (Å²) in [6.07, 6.45) is 6.71. The number of hydrogen-bond donors (Lipinski definition) is 1. The molecule has 3 rings (SSSR count). The molecule has 0 unspecified atom stereocenters. The average Bonchev–Trinajstić information content (AvgIpc) is 3.03. The van der Waals surface area contributed by atoms with Gasteiger partial charge >= 0.3 is 0 Å². The van der Waals surface area contributed by atoms with Crippen molar-refractivity contribution in [2.24, 2.45) is 0 Å². The number of benzene rings is 1. The standard InChI is InChI=1S/C17H19N5O2S/c1-14-4-2-5-15(12-14)13-25(23,24)21-9-11-22-10-8-20-17(22)16-18-6-3-7-19-16/h2-8,10,12,21H,9,11,13H2,1H3. The van der Waals surface area contributed by atoms with Gasteiger partial charge in [-0.05, 0) is 18.6 Å². The van der Waals surface area contributed by atoms with Crippen LogP contribution in [0.1, 0.15) is 11.1 Å². The summed E-state index contributed by atoms with van der Waals surface area (Å²) in [5, 5.41) is 0. The van der Waals surface area contributed by atoms with Crippen molar-refractivity contribution < 1.29 is 8.42 Å². The molecule has 0 aliphatic carbocycles. The molecule has 2 aromatic heterocycles. The third-order valence-electron chi connectivity index (χ3n) is 3.60. The Kier molecular flexibility index (Phi) is 5.20. The van der Waals surface area contributed by atoms with E-state index in [0.717, 1.165) is 11.1 Å². The third kappa shape index (κ3) is 4.71. The van der Waals surface area contributed by atoms with Crippen molar-refractivity contribution in [3.8, 4) is 11.6 Å². The quantitative estimate of drug-likeness (QED) is 0.696. The average molecular weight is 357 g/mol. The molecule has 0 aliphatic heterocycles. The maximum Gasteiger partial charge on any atom is 0.215 e. The van der Waals surface area contributed by atoms with Gasteiger partial charge in [0.2, 0.25) is 10.0 Å². The summed E-state index contributed by atoms with van der Waals surface area (Å²) < 4.78 is 28.9. The first-order chi connectivity index (χ1) is 12.0. The molecule has 1 N–H and O–H groups in total. The predicted octanol–water partition coefficient (Wildman–Crippen LogP) is 1.77. The topological polar surface area (TPSA) is 89.8 Å². The third-order valence-corrected chi connectivity index (χ3v) is 4.95. The van der Waals surface area contributed by atoms with Crippen LogP contribution >= 0.6 is 0 Å². The van der Waals surface area contributed by atoms with Gasteiger partial charge in [0.15, 0.2) is 11.6 Å². The van der Waals surface area contributed by atoms with E-state index in [2.05, 4.69) is 19.7 Å². The maximum atomic E-state index is 12.2. The highest BCUT2D eigenvalue weighted by Crippen LogP contribution is 2.11. The molecule has 1 aromatic carbocycles. The number of nitrogens with one attached hydrogen (secondary N) is 1. The molecule has 0 radical (unpaired) electrons. The number of sulfonamides is 1. The molecule has 130 valence electrons. The van der Waals surface area contributed by atoms with E-state index in [4.69, 9.17) is 0 Å². The lowest BCUT2D eigenvalue weighted by Crippen LogP contribution is -2.28. The predicted molar refractivity (Wildman–Crippen MR) is 95.1 cm³/mol. The van der Waals surface area contributed by atoms with Gasteiger partial charge in [-0.15, -0.1) is 0 Å². The molecule has 0 spiro atoms. The summed E-state index contributed by atoms with van der Waals surface area (Å²) in [7, 11) is -3.40. The Hall–Kier alpha value is -2.58. The fraction of sp³-hybridized carbons (Fsp3) is 0.235. The molecular formula is C17H19N5O2S. The fourth-order valence-electron chi connectivity index (χ4n) is 2.50. The highest BCUT2D eigenvalue weighted by atomic mass is 32.2. The lowest BCUT2D eigenvalue weighted by atomic mass is 10.2. The summed E-state index contributed by atoms with van der Waals surface area (Å²) in [5.74, 6) is 1.08. The molecule has 7 nitrogen and oxygen atoms in total. The van der Waals surface area contributed by atoms with Crippen molar-refractivity contribution in [1.82, 2.24) is 24.2 Å². The Labute approximate surface area is 146 Å². The molecule has 0 bridgehead atoms. The molecule has 0 saturated heterocycles. The van der Waals surface area contributed by atoms with Crippen molar-refractivity contribution in [2.75, 3.05) is 6.54 Å². The van der Waals surface area contributed by atoms with Crippen LogP contribution in [0.2, 0.25) is 0 Å². The van der Waals surface area contributed by atoms with Crippen LogP contribution in [0.25, 0.3) is 11.6 Å². The van der Waals surface area contributed by atoms with Crippen LogP contribution in [-0.2, 0) is 22.3 Å². The van der Waals surface area contributed by atoms with Gasteiger partial charge in [-0.1, -0.05) is 29.8 Å². The number of imidazole rings is 1. The molecule has 8 heteroatoms. The first-order valence-electron chi connectivity index (χ1n) is 7.85. The summed E-state index contributed by atoms with van der Waals surface area (Å²) >= 11 is 0. The van der Waals surface area contributed by atoms with Crippen LogP contribution in [-0.4, -0.2) is 34.5 Å². The molecular weight excluding hydrogens is 338 g/mol. The van der Waals surface area contributed by atoms with Gasteiger partial charge in [-0.2, -0.15) is 0 Å². The Morgan fingerprint density at radius 2 is 1.88 bits per heavy atom. The summed E-state index contributed by atoms with van der Waals surface area (Å²) in [5.41, 5.74) is 1.81. The Morgan fingerprint density at radius 3 is 2.64 bits per heavy atom. The number of aromatic nitrogens is 4. The second-order valence-corrected chi connectivity index (χ2v) is 7.47. The summed E-state index contributed by atoms with van der Waals surface area (Å²) in [4.78, 5) is 12.6. The van der Waals surface area contributed by atoms with E-state index in [-0.39, 0.29) is 12.3 Å². The van der Waals surface area contributed by atoms with Crippen LogP contribution in [0.4, 0.5) is 0 Å².